The van der Waals surface area contributed by atoms with Crippen LogP contribution < -0.4 is 14.7 Å². The predicted octanol–water partition coefficient (Wildman–Crippen LogP) is 0.0720. The highest BCUT2D eigenvalue weighted by atomic mass is 16.6. The van der Waals surface area contributed by atoms with Crippen LogP contribution in [0.5, 0.6) is 0 Å². The number of hydrogen-bond acceptors (Lipinski definition) is 7. The lowest BCUT2D eigenvalue weighted by molar-refractivity contribution is -0.898. The minimum atomic E-state index is -0.467. The summed E-state index contributed by atoms with van der Waals surface area (Å²) in [5, 5.41) is 19.7. The molecule has 1 aromatic heterocycles. The minimum Gasteiger partial charge on any atom is -0.352 e. The molecule has 10 nitrogen and oxygen atoms in total. The van der Waals surface area contributed by atoms with Crippen molar-refractivity contribution >= 4 is 23.2 Å². The standard InChI is InChI=1S/C21H27N7O3/c1-2-24-9-11-25(12-10-24)19-7-8-20(23-22-19)26-13-15-27(16-14-26)21(29)17-3-5-18(6-4-17)28(30)31/h3-8H,2,9-16H2,1H3/p+1. The van der Waals surface area contributed by atoms with Crippen molar-refractivity contribution in [1.29, 1.82) is 0 Å². The van der Waals surface area contributed by atoms with E-state index in [1.54, 1.807) is 9.80 Å². The Morgan fingerprint density at radius 2 is 1.48 bits per heavy atom. The van der Waals surface area contributed by atoms with Crippen LogP contribution in [-0.4, -0.2) is 84.8 Å². The SMILES string of the molecule is CC[NH+]1CCN(c2ccc(N3CCN(C(=O)c4ccc([N+](=O)[O-])cc4)CC3)nn2)CC1. The highest BCUT2D eigenvalue weighted by Gasteiger charge is 2.24. The molecule has 3 heterocycles. The molecule has 1 amide bonds. The molecule has 0 atom stereocenters. The van der Waals surface area contributed by atoms with Gasteiger partial charge in [0, 0.05) is 43.9 Å². The summed E-state index contributed by atoms with van der Waals surface area (Å²) in [7, 11) is 0. The Morgan fingerprint density at radius 1 is 0.935 bits per heavy atom. The number of nitro groups is 1. The van der Waals surface area contributed by atoms with E-state index in [1.165, 1.54) is 24.3 Å². The molecule has 0 unspecified atom stereocenters. The smallest absolute Gasteiger partial charge is 0.269 e. The first-order chi connectivity index (χ1) is 15.0. The molecule has 31 heavy (non-hydrogen) atoms. The maximum atomic E-state index is 12.7. The molecular formula is C21H28N7O3+. The van der Waals surface area contributed by atoms with Gasteiger partial charge >= 0.3 is 0 Å². The molecule has 164 valence electrons. The molecule has 0 spiro atoms. The molecule has 0 saturated carbocycles. The number of amides is 1. The molecule has 2 aromatic rings. The number of hydrogen-bond donors (Lipinski definition) is 1. The number of carbonyl (C=O) groups is 1. The molecule has 0 aliphatic carbocycles. The zero-order valence-electron chi connectivity index (χ0n) is 17.7. The summed E-state index contributed by atoms with van der Waals surface area (Å²) in [6.45, 7) is 10.1. The largest absolute Gasteiger partial charge is 0.352 e. The van der Waals surface area contributed by atoms with Gasteiger partial charge in [-0.2, -0.15) is 0 Å². The Kier molecular flexibility index (Phi) is 6.26. The molecular weight excluding hydrogens is 398 g/mol. The number of anilines is 2. The summed E-state index contributed by atoms with van der Waals surface area (Å²) in [5.74, 6) is 1.64. The fourth-order valence-corrected chi connectivity index (χ4v) is 4.11. The molecule has 2 saturated heterocycles. The third-order valence-corrected chi connectivity index (χ3v) is 6.15. The zero-order valence-corrected chi connectivity index (χ0v) is 17.7. The van der Waals surface area contributed by atoms with Crippen LogP contribution >= 0.6 is 0 Å². The van der Waals surface area contributed by atoms with E-state index in [1.807, 2.05) is 12.1 Å². The maximum Gasteiger partial charge on any atom is 0.269 e. The molecule has 1 N–H and O–H groups in total. The number of benzene rings is 1. The Labute approximate surface area is 181 Å². The van der Waals surface area contributed by atoms with Crippen LogP contribution in [0, 0.1) is 10.1 Å². The van der Waals surface area contributed by atoms with Crippen molar-refractivity contribution in [3.8, 4) is 0 Å². The van der Waals surface area contributed by atoms with Gasteiger partial charge in [-0.15, -0.1) is 10.2 Å². The third kappa shape index (κ3) is 4.74. The Balaban J connectivity index is 1.31. The molecule has 10 heteroatoms. The van der Waals surface area contributed by atoms with E-state index in [9.17, 15) is 14.9 Å². The second-order valence-electron chi connectivity index (χ2n) is 7.92. The fraction of sp³-hybridized carbons (Fsp3) is 0.476. The van der Waals surface area contributed by atoms with Crippen molar-refractivity contribution in [3.63, 3.8) is 0 Å². The van der Waals surface area contributed by atoms with Gasteiger partial charge in [0.2, 0.25) is 0 Å². The molecule has 2 fully saturated rings. The highest BCUT2D eigenvalue weighted by Crippen LogP contribution is 2.18. The number of nitrogens with one attached hydrogen (secondary N) is 1. The molecule has 1 aromatic carbocycles. The number of likely N-dealkylation sites (N-methyl/N-ethyl adjacent to an activating group) is 1. The number of nitro benzene ring substituents is 1. The summed E-state index contributed by atoms with van der Waals surface area (Å²) < 4.78 is 0. The van der Waals surface area contributed by atoms with Crippen molar-refractivity contribution in [3.05, 3.63) is 52.1 Å². The average Bonchev–Trinajstić information content (AvgIpc) is 2.84. The van der Waals surface area contributed by atoms with Crippen LogP contribution in [-0.2, 0) is 0 Å². The molecule has 0 radical (unpaired) electrons. The van der Waals surface area contributed by atoms with Crippen LogP contribution in [0.15, 0.2) is 36.4 Å². The van der Waals surface area contributed by atoms with Gasteiger partial charge in [0.15, 0.2) is 11.6 Å². The van der Waals surface area contributed by atoms with Crippen LogP contribution in [0.1, 0.15) is 17.3 Å². The van der Waals surface area contributed by atoms with Gasteiger partial charge in [0.05, 0.1) is 37.6 Å². The first kappa shape index (κ1) is 21.0. The topological polar surface area (TPSA) is 100 Å². The minimum absolute atomic E-state index is 0.0168. The lowest BCUT2D eigenvalue weighted by Gasteiger charge is -2.35. The van der Waals surface area contributed by atoms with Crippen LogP contribution in [0.2, 0.25) is 0 Å². The molecule has 4 rings (SSSR count). The van der Waals surface area contributed by atoms with E-state index < -0.39 is 4.92 Å². The number of nitrogens with zero attached hydrogens (tertiary/aromatic N) is 6. The van der Waals surface area contributed by atoms with Gasteiger partial charge in [-0.1, -0.05) is 0 Å². The lowest BCUT2D eigenvalue weighted by atomic mass is 10.1. The second-order valence-corrected chi connectivity index (χ2v) is 7.92. The average molecular weight is 427 g/mol. The monoisotopic (exact) mass is 426 g/mol. The highest BCUT2D eigenvalue weighted by molar-refractivity contribution is 5.94. The van der Waals surface area contributed by atoms with Crippen molar-refractivity contribution in [1.82, 2.24) is 15.1 Å². The number of quaternary nitrogens is 1. The summed E-state index contributed by atoms with van der Waals surface area (Å²) in [4.78, 5) is 30.8. The number of piperazine rings is 2. The maximum absolute atomic E-state index is 12.7. The van der Waals surface area contributed by atoms with E-state index in [4.69, 9.17) is 0 Å². The van der Waals surface area contributed by atoms with Crippen molar-refractivity contribution in [2.45, 2.75) is 6.92 Å². The molecule has 2 aliphatic heterocycles. The van der Waals surface area contributed by atoms with E-state index in [-0.39, 0.29) is 11.6 Å². The summed E-state index contributed by atoms with van der Waals surface area (Å²) >= 11 is 0. The Morgan fingerprint density at radius 3 is 1.97 bits per heavy atom. The second kappa shape index (κ2) is 9.25. The van der Waals surface area contributed by atoms with Gasteiger partial charge in [-0.05, 0) is 31.2 Å². The predicted molar refractivity (Wildman–Crippen MR) is 117 cm³/mol. The van der Waals surface area contributed by atoms with E-state index in [0.29, 0.717) is 31.7 Å². The van der Waals surface area contributed by atoms with Crippen LogP contribution in [0.3, 0.4) is 0 Å². The number of non-ortho nitro benzene ring substituents is 1. The van der Waals surface area contributed by atoms with Crippen molar-refractivity contribution in [2.75, 3.05) is 68.7 Å². The lowest BCUT2D eigenvalue weighted by Crippen LogP contribution is -3.14. The van der Waals surface area contributed by atoms with Gasteiger partial charge in [0.1, 0.15) is 0 Å². The normalized spacial score (nSPS) is 17.6. The Hall–Kier alpha value is -3.27. The van der Waals surface area contributed by atoms with E-state index in [2.05, 4.69) is 26.9 Å². The van der Waals surface area contributed by atoms with Gasteiger partial charge < -0.3 is 19.6 Å². The quantitative estimate of drug-likeness (QED) is 0.534. The van der Waals surface area contributed by atoms with Gasteiger partial charge in [-0.3, -0.25) is 14.9 Å². The number of carbonyl (C=O) groups excluding carboxylic acids is 1. The first-order valence-electron chi connectivity index (χ1n) is 10.8. The Bertz CT molecular complexity index is 904. The molecule has 2 aliphatic rings. The van der Waals surface area contributed by atoms with Crippen molar-refractivity contribution < 1.29 is 14.6 Å². The zero-order chi connectivity index (χ0) is 21.8. The van der Waals surface area contributed by atoms with Gasteiger partial charge in [0.25, 0.3) is 11.6 Å². The van der Waals surface area contributed by atoms with Crippen LogP contribution in [0.25, 0.3) is 0 Å². The van der Waals surface area contributed by atoms with Crippen molar-refractivity contribution in [2.24, 2.45) is 0 Å². The van der Waals surface area contributed by atoms with Crippen LogP contribution in [0.4, 0.5) is 17.3 Å². The number of rotatable bonds is 5. The van der Waals surface area contributed by atoms with Gasteiger partial charge in [-0.25, -0.2) is 0 Å². The summed E-state index contributed by atoms with van der Waals surface area (Å²) in [6.07, 6.45) is 0. The summed E-state index contributed by atoms with van der Waals surface area (Å²) in [5.41, 5.74) is 0.449. The first-order valence-corrected chi connectivity index (χ1v) is 10.8. The molecule has 0 bridgehead atoms. The van der Waals surface area contributed by atoms with E-state index >= 15 is 0 Å². The number of aromatic nitrogens is 2. The fourth-order valence-electron chi connectivity index (χ4n) is 4.11. The van der Waals surface area contributed by atoms with E-state index in [0.717, 1.165) is 44.4 Å². The summed E-state index contributed by atoms with van der Waals surface area (Å²) in [6, 6.07) is 9.80. The third-order valence-electron chi connectivity index (χ3n) is 6.15.